The molecule has 4 nitrogen and oxygen atoms in total. The Morgan fingerprint density at radius 1 is 1.09 bits per heavy atom. The van der Waals surface area contributed by atoms with E-state index in [9.17, 15) is 9.59 Å². The monoisotopic (exact) mass is 327 g/mol. The smallest absolute Gasteiger partial charge is 0.328 e. The number of anilines is 1. The average molecular weight is 327 g/mol. The lowest BCUT2D eigenvalue weighted by atomic mass is 10.2. The Balaban J connectivity index is 1.98. The van der Waals surface area contributed by atoms with Gasteiger partial charge in [-0.25, -0.2) is 0 Å². The number of rotatable bonds is 4. The SMILES string of the molecule is CCOC(=O)[C@H]1S[C@@H](c2ccccc2)N(c2ccccc2)C1=O. The fraction of sp³-hybridized carbons (Fsp3) is 0.222. The molecule has 0 bridgehead atoms. The summed E-state index contributed by atoms with van der Waals surface area (Å²) in [7, 11) is 0. The molecule has 2 aromatic rings. The number of hydrogen-bond acceptors (Lipinski definition) is 4. The molecule has 0 aliphatic carbocycles. The Bertz CT molecular complexity index is 690. The Kier molecular flexibility index (Phi) is 4.67. The van der Waals surface area contributed by atoms with Gasteiger partial charge in [-0.1, -0.05) is 48.5 Å². The fourth-order valence-electron chi connectivity index (χ4n) is 2.56. The third-order valence-electron chi connectivity index (χ3n) is 3.58. The average Bonchev–Trinajstić information content (AvgIpc) is 2.94. The van der Waals surface area contributed by atoms with E-state index in [-0.39, 0.29) is 17.9 Å². The lowest BCUT2D eigenvalue weighted by Crippen LogP contribution is -2.35. The van der Waals surface area contributed by atoms with Crippen LogP contribution in [0.25, 0.3) is 0 Å². The maximum absolute atomic E-state index is 12.8. The van der Waals surface area contributed by atoms with Crippen LogP contribution in [0.4, 0.5) is 5.69 Å². The molecule has 0 aromatic heterocycles. The first-order valence-electron chi connectivity index (χ1n) is 7.47. The van der Waals surface area contributed by atoms with Gasteiger partial charge in [-0.2, -0.15) is 0 Å². The largest absolute Gasteiger partial charge is 0.465 e. The van der Waals surface area contributed by atoms with Crippen LogP contribution in [-0.2, 0) is 14.3 Å². The van der Waals surface area contributed by atoms with Gasteiger partial charge >= 0.3 is 5.97 Å². The molecule has 0 N–H and O–H groups in total. The summed E-state index contributed by atoms with van der Waals surface area (Å²) in [5.41, 5.74) is 1.77. The summed E-state index contributed by atoms with van der Waals surface area (Å²) in [6.45, 7) is 2.01. The first kappa shape index (κ1) is 15.6. The van der Waals surface area contributed by atoms with Crippen molar-refractivity contribution in [3.8, 4) is 0 Å². The number of esters is 1. The van der Waals surface area contributed by atoms with Gasteiger partial charge in [-0.15, -0.1) is 11.8 Å². The van der Waals surface area contributed by atoms with Gasteiger partial charge in [0, 0.05) is 5.69 Å². The third kappa shape index (κ3) is 3.10. The Hall–Kier alpha value is -2.27. The van der Waals surface area contributed by atoms with Crippen LogP contribution in [0.15, 0.2) is 60.7 Å². The van der Waals surface area contributed by atoms with Gasteiger partial charge < -0.3 is 4.74 Å². The standard InChI is InChI=1S/C18H17NO3S/c1-2-22-18(21)15-16(20)19(14-11-7-4-8-12-14)17(23-15)13-9-5-3-6-10-13/h3-12,15,17H,2H2,1H3/t15-,17-/m0/s1. The van der Waals surface area contributed by atoms with E-state index in [1.165, 1.54) is 11.8 Å². The van der Waals surface area contributed by atoms with E-state index in [2.05, 4.69) is 0 Å². The predicted molar refractivity (Wildman–Crippen MR) is 91.1 cm³/mol. The minimum atomic E-state index is -0.819. The van der Waals surface area contributed by atoms with Crippen molar-refractivity contribution >= 4 is 29.3 Å². The molecule has 5 heteroatoms. The zero-order valence-corrected chi connectivity index (χ0v) is 13.5. The number of carbonyl (C=O) groups excluding carboxylic acids is 2. The summed E-state index contributed by atoms with van der Waals surface area (Å²) in [6.07, 6.45) is 0. The second kappa shape index (κ2) is 6.87. The second-order valence-electron chi connectivity index (χ2n) is 5.08. The number of nitrogens with zero attached hydrogens (tertiary/aromatic N) is 1. The van der Waals surface area contributed by atoms with Crippen LogP contribution in [0.1, 0.15) is 17.9 Å². The molecule has 1 amide bonds. The van der Waals surface area contributed by atoms with Gasteiger partial charge in [-0.05, 0) is 24.6 Å². The minimum absolute atomic E-state index is 0.228. The highest BCUT2D eigenvalue weighted by atomic mass is 32.2. The summed E-state index contributed by atoms with van der Waals surface area (Å²) in [5, 5.41) is -1.05. The lowest BCUT2D eigenvalue weighted by molar-refractivity contribution is -0.144. The molecule has 0 saturated carbocycles. The maximum Gasteiger partial charge on any atom is 0.328 e. The summed E-state index contributed by atoms with van der Waals surface area (Å²) >= 11 is 1.32. The number of amides is 1. The van der Waals surface area contributed by atoms with E-state index in [1.54, 1.807) is 11.8 Å². The van der Waals surface area contributed by atoms with Crippen molar-refractivity contribution in [3.63, 3.8) is 0 Å². The van der Waals surface area contributed by atoms with Crippen molar-refractivity contribution in [1.82, 2.24) is 0 Å². The molecule has 1 saturated heterocycles. The molecule has 1 aliphatic rings. The Morgan fingerprint density at radius 3 is 2.30 bits per heavy atom. The van der Waals surface area contributed by atoms with Gasteiger partial charge in [-0.3, -0.25) is 14.5 Å². The Morgan fingerprint density at radius 2 is 1.70 bits per heavy atom. The van der Waals surface area contributed by atoms with E-state index >= 15 is 0 Å². The maximum atomic E-state index is 12.8. The van der Waals surface area contributed by atoms with Crippen LogP contribution in [-0.4, -0.2) is 23.7 Å². The number of ether oxygens (including phenoxy) is 1. The van der Waals surface area contributed by atoms with Crippen molar-refractivity contribution in [2.24, 2.45) is 0 Å². The van der Waals surface area contributed by atoms with E-state index in [1.807, 2.05) is 60.7 Å². The molecule has 2 aromatic carbocycles. The molecule has 0 spiro atoms. The quantitative estimate of drug-likeness (QED) is 0.638. The molecule has 0 unspecified atom stereocenters. The fourth-order valence-corrected chi connectivity index (χ4v) is 3.89. The zero-order valence-electron chi connectivity index (χ0n) is 12.7. The van der Waals surface area contributed by atoms with Gasteiger partial charge in [0.25, 0.3) is 5.91 Å². The molecule has 118 valence electrons. The first-order chi connectivity index (χ1) is 11.2. The highest BCUT2D eigenvalue weighted by molar-refractivity contribution is 8.02. The highest BCUT2D eigenvalue weighted by Gasteiger charge is 2.46. The molecular formula is C18H17NO3S. The van der Waals surface area contributed by atoms with Crippen LogP contribution < -0.4 is 4.90 Å². The van der Waals surface area contributed by atoms with E-state index in [0.717, 1.165) is 11.3 Å². The number of benzene rings is 2. The summed E-state index contributed by atoms with van der Waals surface area (Å²) in [4.78, 5) is 26.6. The topological polar surface area (TPSA) is 46.6 Å². The number of hydrogen-bond donors (Lipinski definition) is 0. The van der Waals surface area contributed by atoms with Crippen LogP contribution in [0.2, 0.25) is 0 Å². The van der Waals surface area contributed by atoms with Crippen molar-refractivity contribution in [2.45, 2.75) is 17.5 Å². The molecular weight excluding hydrogens is 310 g/mol. The van der Waals surface area contributed by atoms with Crippen LogP contribution in [0.5, 0.6) is 0 Å². The van der Waals surface area contributed by atoms with Gasteiger partial charge in [0.05, 0.1) is 6.61 Å². The van der Waals surface area contributed by atoms with E-state index in [0.29, 0.717) is 0 Å². The molecule has 1 aliphatic heterocycles. The van der Waals surface area contributed by atoms with Crippen molar-refractivity contribution in [3.05, 3.63) is 66.2 Å². The summed E-state index contributed by atoms with van der Waals surface area (Å²) < 4.78 is 5.06. The second-order valence-corrected chi connectivity index (χ2v) is 6.27. The van der Waals surface area contributed by atoms with Crippen LogP contribution >= 0.6 is 11.8 Å². The summed E-state index contributed by atoms with van der Waals surface area (Å²) in [6, 6.07) is 19.1. The molecule has 23 heavy (non-hydrogen) atoms. The van der Waals surface area contributed by atoms with Crippen molar-refractivity contribution < 1.29 is 14.3 Å². The van der Waals surface area contributed by atoms with E-state index in [4.69, 9.17) is 4.74 Å². The highest BCUT2D eigenvalue weighted by Crippen LogP contribution is 2.45. The normalized spacial score (nSPS) is 20.6. The zero-order chi connectivity index (χ0) is 16.2. The van der Waals surface area contributed by atoms with Crippen molar-refractivity contribution in [1.29, 1.82) is 0 Å². The first-order valence-corrected chi connectivity index (χ1v) is 8.42. The van der Waals surface area contributed by atoms with Gasteiger partial charge in [0.1, 0.15) is 5.37 Å². The summed E-state index contributed by atoms with van der Waals surface area (Å²) in [5.74, 6) is -0.699. The third-order valence-corrected chi connectivity index (χ3v) is 4.99. The number of thioether (sulfide) groups is 1. The van der Waals surface area contributed by atoms with Crippen LogP contribution in [0.3, 0.4) is 0 Å². The predicted octanol–water partition coefficient (Wildman–Crippen LogP) is 3.40. The van der Waals surface area contributed by atoms with Crippen LogP contribution in [0, 0.1) is 0 Å². The molecule has 1 fully saturated rings. The van der Waals surface area contributed by atoms with Crippen molar-refractivity contribution in [2.75, 3.05) is 11.5 Å². The number of para-hydroxylation sites is 1. The molecule has 3 rings (SSSR count). The van der Waals surface area contributed by atoms with Gasteiger partial charge in [0.2, 0.25) is 0 Å². The van der Waals surface area contributed by atoms with E-state index < -0.39 is 11.2 Å². The molecule has 0 radical (unpaired) electrons. The number of carbonyl (C=O) groups is 2. The Labute approximate surface area is 139 Å². The molecule has 1 heterocycles. The lowest BCUT2D eigenvalue weighted by Gasteiger charge is -2.24. The molecule has 2 atom stereocenters. The minimum Gasteiger partial charge on any atom is -0.465 e. The van der Waals surface area contributed by atoms with Gasteiger partial charge in [0.15, 0.2) is 5.25 Å².